The summed E-state index contributed by atoms with van der Waals surface area (Å²) in [7, 11) is 3.86. The van der Waals surface area contributed by atoms with E-state index in [1.165, 1.54) is 17.9 Å². The van der Waals surface area contributed by atoms with E-state index in [1.807, 2.05) is 0 Å². The highest BCUT2D eigenvalue weighted by Gasteiger charge is 2.45. The van der Waals surface area contributed by atoms with Gasteiger partial charge in [-0.1, -0.05) is 5.16 Å². The number of hydrogen-bond acceptors (Lipinski definition) is 3. The Hall–Kier alpha value is -0.770. The molecule has 1 fully saturated rings. The number of quaternary nitrogens is 1. The molecule has 0 bridgehead atoms. The highest BCUT2D eigenvalue weighted by atomic mass is 16.7. The van der Waals surface area contributed by atoms with Crippen molar-refractivity contribution in [3.63, 3.8) is 0 Å². The number of rotatable bonds is 0. The van der Waals surface area contributed by atoms with Gasteiger partial charge in [-0.15, -0.1) is 0 Å². The number of nitrogens with one attached hydrogen (secondary N) is 1. The van der Waals surface area contributed by atoms with E-state index in [9.17, 15) is 0 Å². The second kappa shape index (κ2) is 3.18. The third-order valence-electron chi connectivity index (χ3n) is 2.91. The smallest absolute Gasteiger partial charge is 0.229 e. The van der Waals surface area contributed by atoms with Gasteiger partial charge in [-0.25, -0.2) is 0 Å². The molecule has 0 saturated carbocycles. The minimum absolute atomic E-state index is 0.0479. The van der Waals surface area contributed by atoms with Gasteiger partial charge in [0.05, 0.1) is 27.1 Å². The molecule has 4 nitrogen and oxygen atoms in total. The van der Waals surface area contributed by atoms with Crippen molar-refractivity contribution in [3.05, 3.63) is 0 Å². The van der Waals surface area contributed by atoms with Gasteiger partial charge in [0.2, 0.25) is 5.90 Å². The maximum absolute atomic E-state index is 5.50. The highest BCUT2D eigenvalue weighted by Crippen LogP contribution is 2.29. The summed E-state index contributed by atoms with van der Waals surface area (Å²) < 4.78 is 5.09. The molecule has 2 aliphatic heterocycles. The monoisotopic (exact) mass is 185 g/mol. The second-order valence-electron chi connectivity index (χ2n) is 4.13. The third kappa shape index (κ3) is 1.63. The molecule has 0 aliphatic carbocycles. The van der Waals surface area contributed by atoms with Gasteiger partial charge in [-0.05, 0) is 0 Å². The molecule has 4 heteroatoms. The van der Waals surface area contributed by atoms with Crippen LogP contribution in [0.3, 0.4) is 0 Å². The van der Waals surface area contributed by atoms with Crippen molar-refractivity contribution in [2.24, 2.45) is 5.16 Å². The van der Waals surface area contributed by atoms with E-state index in [2.05, 4.69) is 12.2 Å². The first-order valence-electron chi connectivity index (χ1n) is 4.84. The van der Waals surface area contributed by atoms with E-state index in [1.54, 1.807) is 7.11 Å². The third-order valence-corrected chi connectivity index (χ3v) is 2.91. The molecule has 1 spiro atoms. The standard InChI is InChI=1S/C9H16N2O2/c1-11-5-3-4-9(7-11)6-8(12-2)10-13-9/h3-7H2,1-2H3/p+1. The lowest BCUT2D eigenvalue weighted by Crippen LogP contribution is -3.12. The number of piperidine rings is 1. The summed E-state index contributed by atoms with van der Waals surface area (Å²) in [6.07, 6.45) is 3.18. The van der Waals surface area contributed by atoms with Crippen LogP contribution in [-0.4, -0.2) is 38.7 Å². The van der Waals surface area contributed by atoms with Gasteiger partial charge in [0.1, 0.15) is 6.54 Å². The first-order valence-corrected chi connectivity index (χ1v) is 4.84. The van der Waals surface area contributed by atoms with Crippen molar-refractivity contribution < 1.29 is 14.5 Å². The molecule has 2 aliphatic rings. The van der Waals surface area contributed by atoms with Crippen molar-refractivity contribution in [3.8, 4) is 0 Å². The van der Waals surface area contributed by atoms with Crippen LogP contribution in [-0.2, 0) is 9.57 Å². The molecule has 0 aromatic heterocycles. The highest BCUT2D eigenvalue weighted by molar-refractivity contribution is 5.77. The van der Waals surface area contributed by atoms with E-state index in [0.29, 0.717) is 0 Å². The zero-order chi connectivity index (χ0) is 9.31. The fraction of sp³-hybridized carbons (Fsp3) is 0.889. The van der Waals surface area contributed by atoms with Crippen molar-refractivity contribution in [2.75, 3.05) is 27.2 Å². The maximum Gasteiger partial charge on any atom is 0.229 e. The van der Waals surface area contributed by atoms with E-state index in [-0.39, 0.29) is 5.60 Å². The Morgan fingerprint density at radius 3 is 3.08 bits per heavy atom. The summed E-state index contributed by atoms with van der Waals surface area (Å²) in [6.45, 7) is 2.29. The topological polar surface area (TPSA) is 35.3 Å². The van der Waals surface area contributed by atoms with Crippen LogP contribution in [0.15, 0.2) is 5.16 Å². The van der Waals surface area contributed by atoms with Crippen LogP contribution in [0.5, 0.6) is 0 Å². The van der Waals surface area contributed by atoms with Gasteiger partial charge in [0.15, 0.2) is 5.60 Å². The number of methoxy groups -OCH3 is 1. The fourth-order valence-electron chi connectivity index (χ4n) is 2.27. The molecule has 74 valence electrons. The number of likely N-dealkylation sites (N-methyl/N-ethyl adjacent to an activating group) is 1. The van der Waals surface area contributed by atoms with Crippen LogP contribution >= 0.6 is 0 Å². The summed E-state index contributed by atoms with van der Waals surface area (Å²) in [5.74, 6) is 0.745. The van der Waals surface area contributed by atoms with Gasteiger partial charge < -0.3 is 14.5 Å². The van der Waals surface area contributed by atoms with Crippen LogP contribution in [0.1, 0.15) is 19.3 Å². The predicted octanol–water partition coefficient (Wildman–Crippen LogP) is -0.586. The zero-order valence-corrected chi connectivity index (χ0v) is 8.30. The van der Waals surface area contributed by atoms with Gasteiger partial charge in [0.25, 0.3) is 0 Å². The van der Waals surface area contributed by atoms with Gasteiger partial charge in [0, 0.05) is 12.8 Å². The van der Waals surface area contributed by atoms with E-state index in [0.717, 1.165) is 25.3 Å². The van der Waals surface area contributed by atoms with Gasteiger partial charge >= 0.3 is 0 Å². The molecule has 1 N–H and O–H groups in total. The largest absolute Gasteiger partial charge is 0.482 e. The summed E-state index contributed by atoms with van der Waals surface area (Å²) in [4.78, 5) is 7.02. The Bertz CT molecular complexity index is 230. The number of oxime groups is 1. The molecule has 1 saturated heterocycles. The summed E-state index contributed by atoms with van der Waals surface area (Å²) in [5.41, 5.74) is -0.0479. The molecule has 2 heterocycles. The Morgan fingerprint density at radius 2 is 2.46 bits per heavy atom. The Kier molecular flexibility index (Phi) is 2.15. The molecule has 2 unspecified atom stereocenters. The maximum atomic E-state index is 5.50. The fourth-order valence-corrected chi connectivity index (χ4v) is 2.27. The first-order chi connectivity index (χ1) is 6.24. The number of likely N-dealkylation sites (tertiary alicyclic amines) is 1. The summed E-state index contributed by atoms with van der Waals surface area (Å²) in [6, 6.07) is 0. The average molecular weight is 185 g/mol. The van der Waals surface area contributed by atoms with Crippen LogP contribution in [0, 0.1) is 0 Å². The lowest BCUT2D eigenvalue weighted by Gasteiger charge is -2.33. The van der Waals surface area contributed by atoms with E-state index in [4.69, 9.17) is 9.57 Å². The average Bonchev–Trinajstić information content (AvgIpc) is 2.48. The SMILES string of the molecule is COC1=NOC2(CCC[NH+](C)C2)C1. The van der Waals surface area contributed by atoms with Crippen LogP contribution in [0.2, 0.25) is 0 Å². The van der Waals surface area contributed by atoms with Gasteiger partial charge in [-0.2, -0.15) is 0 Å². The van der Waals surface area contributed by atoms with Gasteiger partial charge in [-0.3, -0.25) is 0 Å². The van der Waals surface area contributed by atoms with Crippen molar-refractivity contribution in [2.45, 2.75) is 24.9 Å². The molecule has 0 radical (unpaired) electrons. The summed E-state index contributed by atoms with van der Waals surface area (Å²) >= 11 is 0. The second-order valence-corrected chi connectivity index (χ2v) is 4.13. The minimum atomic E-state index is -0.0479. The molecular weight excluding hydrogens is 168 g/mol. The first kappa shape index (κ1) is 8.81. The molecule has 0 aromatic carbocycles. The molecule has 0 amide bonds. The molecule has 2 rings (SSSR count). The van der Waals surface area contributed by atoms with Crippen molar-refractivity contribution >= 4 is 5.90 Å². The normalized spacial score (nSPS) is 38.6. The van der Waals surface area contributed by atoms with E-state index >= 15 is 0 Å². The minimum Gasteiger partial charge on any atom is -0.482 e. The quantitative estimate of drug-likeness (QED) is 0.547. The number of nitrogens with zero attached hydrogens (tertiary/aromatic N) is 1. The Balaban J connectivity index is 2.00. The predicted molar refractivity (Wildman–Crippen MR) is 48.7 cm³/mol. The van der Waals surface area contributed by atoms with Crippen molar-refractivity contribution in [1.82, 2.24) is 0 Å². The Labute approximate surface area is 78.5 Å². The lowest BCUT2D eigenvalue weighted by molar-refractivity contribution is -0.892. The van der Waals surface area contributed by atoms with Crippen LogP contribution < -0.4 is 4.90 Å². The zero-order valence-electron chi connectivity index (χ0n) is 8.30. The molecule has 2 atom stereocenters. The van der Waals surface area contributed by atoms with Crippen LogP contribution in [0.25, 0.3) is 0 Å². The lowest BCUT2D eigenvalue weighted by atomic mass is 9.90. The molecule has 0 aromatic rings. The Morgan fingerprint density at radius 1 is 1.62 bits per heavy atom. The molecular formula is C9H17N2O2+. The van der Waals surface area contributed by atoms with E-state index < -0.39 is 0 Å². The van der Waals surface area contributed by atoms with Crippen LogP contribution in [0.4, 0.5) is 0 Å². The number of ether oxygens (including phenoxy) is 1. The van der Waals surface area contributed by atoms with Crippen molar-refractivity contribution in [1.29, 1.82) is 0 Å². The summed E-state index contributed by atoms with van der Waals surface area (Å²) in [5, 5.41) is 3.95. The number of hydrogen-bond donors (Lipinski definition) is 1. The molecule has 13 heavy (non-hydrogen) atoms.